The summed E-state index contributed by atoms with van der Waals surface area (Å²) in [4.78, 5) is 4.61. The van der Waals surface area contributed by atoms with Gasteiger partial charge in [0.2, 0.25) is 0 Å². The van der Waals surface area contributed by atoms with Crippen LogP contribution in [0.2, 0.25) is 0 Å². The van der Waals surface area contributed by atoms with Crippen LogP contribution in [0.5, 0.6) is 0 Å². The van der Waals surface area contributed by atoms with Gasteiger partial charge in [0.15, 0.2) is 11.5 Å². The van der Waals surface area contributed by atoms with Crippen molar-refractivity contribution in [2.75, 3.05) is 11.5 Å². The number of aromatic nitrogens is 3. The molecule has 0 spiro atoms. The third-order valence-electron chi connectivity index (χ3n) is 3.35. The Labute approximate surface area is 106 Å². The first-order valence-electron chi connectivity index (χ1n) is 6.21. The van der Waals surface area contributed by atoms with E-state index in [1.165, 1.54) is 29.9 Å². The summed E-state index contributed by atoms with van der Waals surface area (Å²) in [5.74, 6) is 4.40. The number of aryl methyl sites for hydroxylation is 1. The van der Waals surface area contributed by atoms with Crippen molar-refractivity contribution in [3.63, 3.8) is 0 Å². The van der Waals surface area contributed by atoms with E-state index < -0.39 is 0 Å². The Hall–Kier alpha value is -1.03. The molecule has 0 aliphatic carbocycles. The lowest BCUT2D eigenvalue weighted by Gasteiger charge is -2.19. The summed E-state index contributed by atoms with van der Waals surface area (Å²) in [5.41, 5.74) is 2.22. The van der Waals surface area contributed by atoms with Gasteiger partial charge in [-0.2, -0.15) is 16.9 Å². The van der Waals surface area contributed by atoms with E-state index in [9.17, 15) is 0 Å². The first-order valence-corrected chi connectivity index (χ1v) is 7.36. The zero-order valence-electron chi connectivity index (χ0n) is 10.1. The third-order valence-corrected chi connectivity index (χ3v) is 4.40. The van der Waals surface area contributed by atoms with Gasteiger partial charge in [-0.05, 0) is 54.9 Å². The van der Waals surface area contributed by atoms with Gasteiger partial charge in [0.05, 0.1) is 0 Å². The topological polar surface area (TPSA) is 30.2 Å². The minimum Gasteiger partial charge on any atom is -0.221 e. The predicted molar refractivity (Wildman–Crippen MR) is 71.5 cm³/mol. The minimum atomic E-state index is 0.787. The number of rotatable bonds is 2. The molecule has 3 nitrogen and oxygen atoms in total. The Balaban J connectivity index is 1.80. The van der Waals surface area contributed by atoms with E-state index in [2.05, 4.69) is 40.9 Å². The summed E-state index contributed by atoms with van der Waals surface area (Å²) in [6.45, 7) is 2.09. The maximum absolute atomic E-state index is 4.61. The van der Waals surface area contributed by atoms with Crippen LogP contribution in [0.15, 0.2) is 18.3 Å². The molecule has 1 aliphatic heterocycles. The van der Waals surface area contributed by atoms with E-state index in [4.69, 9.17) is 0 Å². The Morgan fingerprint density at radius 1 is 1.41 bits per heavy atom. The molecule has 4 heteroatoms. The maximum Gasteiger partial charge on any atom is 0.155 e. The van der Waals surface area contributed by atoms with E-state index in [0.717, 1.165) is 23.8 Å². The van der Waals surface area contributed by atoms with E-state index in [-0.39, 0.29) is 0 Å². The van der Waals surface area contributed by atoms with E-state index in [0.29, 0.717) is 0 Å². The molecule has 90 valence electrons. The van der Waals surface area contributed by atoms with Gasteiger partial charge in [-0.15, -0.1) is 0 Å². The van der Waals surface area contributed by atoms with Gasteiger partial charge < -0.3 is 0 Å². The third kappa shape index (κ3) is 2.46. The highest BCUT2D eigenvalue weighted by atomic mass is 32.2. The second-order valence-corrected chi connectivity index (χ2v) is 6.02. The molecule has 0 atom stereocenters. The normalized spacial score (nSPS) is 17.7. The van der Waals surface area contributed by atoms with Crippen molar-refractivity contribution < 1.29 is 0 Å². The van der Waals surface area contributed by atoms with Gasteiger partial charge in [-0.1, -0.05) is 0 Å². The van der Waals surface area contributed by atoms with Crippen molar-refractivity contribution in [1.29, 1.82) is 0 Å². The zero-order valence-corrected chi connectivity index (χ0v) is 10.9. The first kappa shape index (κ1) is 11.1. The van der Waals surface area contributed by atoms with Crippen LogP contribution >= 0.6 is 11.8 Å². The average Bonchev–Trinajstić information content (AvgIpc) is 2.71. The van der Waals surface area contributed by atoms with Crippen LogP contribution in [-0.2, 0) is 6.42 Å². The van der Waals surface area contributed by atoms with E-state index in [1.807, 2.05) is 10.7 Å². The molecule has 2 aromatic heterocycles. The van der Waals surface area contributed by atoms with Crippen LogP contribution in [0.3, 0.4) is 0 Å². The van der Waals surface area contributed by atoms with Gasteiger partial charge in [-0.3, -0.25) is 0 Å². The summed E-state index contributed by atoms with van der Waals surface area (Å²) >= 11 is 2.07. The quantitative estimate of drug-likeness (QED) is 0.817. The molecule has 0 radical (unpaired) electrons. The van der Waals surface area contributed by atoms with E-state index in [1.54, 1.807) is 0 Å². The van der Waals surface area contributed by atoms with Crippen LogP contribution in [0.4, 0.5) is 0 Å². The van der Waals surface area contributed by atoms with Gasteiger partial charge in [0, 0.05) is 12.6 Å². The number of fused-ring (bicyclic) bond motifs is 1. The number of pyridine rings is 1. The largest absolute Gasteiger partial charge is 0.221 e. The molecular weight excluding hydrogens is 230 g/mol. The fraction of sp³-hybridized carbons (Fsp3) is 0.538. The van der Waals surface area contributed by atoms with Crippen LogP contribution < -0.4 is 0 Å². The molecule has 1 aliphatic rings. The van der Waals surface area contributed by atoms with Gasteiger partial charge >= 0.3 is 0 Å². The summed E-state index contributed by atoms with van der Waals surface area (Å²) in [6, 6.07) is 4.16. The fourth-order valence-electron chi connectivity index (χ4n) is 2.32. The number of hydrogen-bond donors (Lipinski definition) is 0. The Kier molecular flexibility index (Phi) is 3.05. The van der Waals surface area contributed by atoms with Crippen molar-refractivity contribution in [1.82, 2.24) is 14.6 Å². The summed E-state index contributed by atoms with van der Waals surface area (Å²) in [5, 5.41) is 4.55. The molecule has 3 rings (SSSR count). The fourth-order valence-corrected chi connectivity index (χ4v) is 3.53. The second kappa shape index (κ2) is 4.69. The summed E-state index contributed by atoms with van der Waals surface area (Å²) in [7, 11) is 0. The lowest BCUT2D eigenvalue weighted by atomic mass is 9.99. The molecule has 1 fully saturated rings. The first-order chi connectivity index (χ1) is 8.31. The number of thioether (sulfide) groups is 1. The Morgan fingerprint density at radius 3 is 3.06 bits per heavy atom. The molecule has 0 unspecified atom stereocenters. The second-order valence-electron chi connectivity index (χ2n) is 4.79. The molecule has 2 aromatic rings. The van der Waals surface area contributed by atoms with Crippen LogP contribution in [-0.4, -0.2) is 26.1 Å². The monoisotopic (exact) mass is 247 g/mol. The number of hydrogen-bond acceptors (Lipinski definition) is 3. The highest BCUT2D eigenvalue weighted by Crippen LogP contribution is 2.25. The minimum absolute atomic E-state index is 0.787. The Morgan fingerprint density at radius 2 is 2.24 bits per heavy atom. The Bertz CT molecular complexity index is 514. The highest BCUT2D eigenvalue weighted by Gasteiger charge is 2.16. The van der Waals surface area contributed by atoms with Crippen molar-refractivity contribution in [3.05, 3.63) is 29.7 Å². The van der Waals surface area contributed by atoms with Crippen LogP contribution in [0.1, 0.15) is 24.2 Å². The summed E-state index contributed by atoms with van der Waals surface area (Å²) in [6.07, 6.45) is 5.68. The van der Waals surface area contributed by atoms with Crippen molar-refractivity contribution in [2.45, 2.75) is 26.2 Å². The molecule has 17 heavy (non-hydrogen) atoms. The molecule has 1 saturated heterocycles. The standard InChI is InChI=1S/C13H17N3S/c1-10-2-5-16-13(8-10)14-12(15-16)9-11-3-6-17-7-4-11/h2,5,8,11H,3-4,6-7,9H2,1H3. The van der Waals surface area contributed by atoms with Crippen LogP contribution in [0.25, 0.3) is 5.65 Å². The van der Waals surface area contributed by atoms with Gasteiger partial charge in [-0.25, -0.2) is 9.50 Å². The lowest BCUT2D eigenvalue weighted by Crippen LogP contribution is -2.13. The molecular formula is C13H17N3S. The molecule has 0 N–H and O–H groups in total. The number of nitrogens with zero attached hydrogens (tertiary/aromatic N) is 3. The van der Waals surface area contributed by atoms with Crippen molar-refractivity contribution in [2.24, 2.45) is 5.92 Å². The predicted octanol–water partition coefficient (Wildman–Crippen LogP) is 2.72. The van der Waals surface area contributed by atoms with Gasteiger partial charge in [0.25, 0.3) is 0 Å². The molecule has 3 heterocycles. The van der Waals surface area contributed by atoms with Crippen molar-refractivity contribution in [3.8, 4) is 0 Å². The van der Waals surface area contributed by atoms with E-state index >= 15 is 0 Å². The molecule has 0 aromatic carbocycles. The van der Waals surface area contributed by atoms with Gasteiger partial charge in [0.1, 0.15) is 0 Å². The average molecular weight is 247 g/mol. The molecule has 0 bridgehead atoms. The maximum atomic E-state index is 4.61. The van der Waals surface area contributed by atoms with Crippen molar-refractivity contribution >= 4 is 17.4 Å². The molecule has 0 amide bonds. The SMILES string of the molecule is Cc1ccn2nc(CC3CCSCC3)nc2c1. The lowest BCUT2D eigenvalue weighted by molar-refractivity contribution is 0.476. The van der Waals surface area contributed by atoms with Crippen LogP contribution in [0, 0.1) is 12.8 Å². The highest BCUT2D eigenvalue weighted by molar-refractivity contribution is 7.99. The molecule has 0 saturated carbocycles. The smallest absolute Gasteiger partial charge is 0.155 e. The summed E-state index contributed by atoms with van der Waals surface area (Å²) < 4.78 is 1.89. The zero-order chi connectivity index (χ0) is 11.7.